The van der Waals surface area contributed by atoms with E-state index in [1.54, 1.807) is 0 Å². The van der Waals surface area contributed by atoms with Crippen LogP contribution in [-0.2, 0) is 17.9 Å². The lowest BCUT2D eigenvalue weighted by Gasteiger charge is -2.26. The zero-order valence-corrected chi connectivity index (χ0v) is 19.7. The molecule has 0 unspecified atom stereocenters. The predicted molar refractivity (Wildman–Crippen MR) is 137 cm³/mol. The number of aromatic nitrogens is 2. The van der Waals surface area contributed by atoms with Crippen LogP contribution in [0.2, 0.25) is 0 Å². The van der Waals surface area contributed by atoms with Gasteiger partial charge in [-0.15, -0.1) is 11.3 Å². The molecule has 1 amide bonds. The first-order valence-electron chi connectivity index (χ1n) is 10.9. The quantitative estimate of drug-likeness (QED) is 0.449. The lowest BCUT2D eigenvalue weighted by molar-refractivity contribution is -0.116. The molecule has 1 aliphatic rings. The van der Waals surface area contributed by atoms with Crippen molar-refractivity contribution in [3.63, 3.8) is 0 Å². The number of hydrogen-bond acceptors (Lipinski definition) is 6. The summed E-state index contributed by atoms with van der Waals surface area (Å²) in [6.07, 6.45) is 1.45. The Kier molecular flexibility index (Phi) is 6.57. The molecule has 4 aromatic rings. The molecule has 0 spiro atoms. The Hall–Kier alpha value is -2.94. The first kappa shape index (κ1) is 21.9. The number of carbonyl (C=O) groups is 1. The molecule has 2 aromatic heterocycles. The van der Waals surface area contributed by atoms with E-state index in [0.717, 1.165) is 35.8 Å². The van der Waals surface area contributed by atoms with Crippen molar-refractivity contribution in [2.75, 3.05) is 29.9 Å². The van der Waals surface area contributed by atoms with Gasteiger partial charge in [0, 0.05) is 41.7 Å². The highest BCUT2D eigenvalue weighted by Crippen LogP contribution is 2.30. The van der Waals surface area contributed by atoms with Gasteiger partial charge in [0.25, 0.3) is 5.56 Å². The molecule has 1 saturated heterocycles. The third-order valence-electron chi connectivity index (χ3n) is 5.60. The van der Waals surface area contributed by atoms with Gasteiger partial charge in [-0.3, -0.25) is 19.1 Å². The molecule has 33 heavy (non-hydrogen) atoms. The average Bonchev–Trinajstić information content (AvgIpc) is 3.28. The van der Waals surface area contributed by atoms with Crippen LogP contribution in [0, 0.1) is 0 Å². The molecule has 168 valence electrons. The van der Waals surface area contributed by atoms with E-state index in [9.17, 15) is 9.59 Å². The lowest BCUT2D eigenvalue weighted by atomic mass is 10.2. The van der Waals surface area contributed by atoms with Crippen molar-refractivity contribution < 1.29 is 4.79 Å². The second kappa shape index (κ2) is 9.91. The van der Waals surface area contributed by atoms with E-state index < -0.39 is 0 Å². The van der Waals surface area contributed by atoms with Gasteiger partial charge >= 0.3 is 0 Å². The van der Waals surface area contributed by atoms with E-state index in [1.807, 2.05) is 66.4 Å². The van der Waals surface area contributed by atoms with Crippen molar-refractivity contribution in [3.05, 3.63) is 82.9 Å². The number of rotatable bonds is 6. The zero-order chi connectivity index (χ0) is 22.6. The molecule has 0 aliphatic carbocycles. The van der Waals surface area contributed by atoms with Crippen molar-refractivity contribution in [2.24, 2.45) is 0 Å². The second-order valence-corrected chi connectivity index (χ2v) is 10.3. The third kappa shape index (κ3) is 5.19. The highest BCUT2D eigenvalue weighted by atomic mass is 32.2. The van der Waals surface area contributed by atoms with Crippen LogP contribution in [0.25, 0.3) is 20.7 Å². The van der Waals surface area contributed by atoms with E-state index >= 15 is 0 Å². The van der Waals surface area contributed by atoms with Gasteiger partial charge in [0.05, 0.1) is 11.8 Å². The minimum absolute atomic E-state index is 0.0755. The Balaban J connectivity index is 1.29. The van der Waals surface area contributed by atoms with Gasteiger partial charge in [-0.25, -0.2) is 4.98 Å². The fourth-order valence-electron chi connectivity index (χ4n) is 3.92. The Morgan fingerprint density at radius 1 is 1.03 bits per heavy atom. The molecule has 5 rings (SSSR count). The molecule has 8 heteroatoms. The lowest BCUT2D eigenvalue weighted by Crippen LogP contribution is -2.32. The Bertz CT molecular complexity index is 1330. The molecule has 3 heterocycles. The van der Waals surface area contributed by atoms with E-state index in [2.05, 4.69) is 21.3 Å². The van der Waals surface area contributed by atoms with Gasteiger partial charge in [-0.1, -0.05) is 42.5 Å². The summed E-state index contributed by atoms with van der Waals surface area (Å²) in [5.41, 5.74) is 3.43. The Labute approximate surface area is 200 Å². The van der Waals surface area contributed by atoms with Gasteiger partial charge in [0.15, 0.2) is 0 Å². The van der Waals surface area contributed by atoms with E-state index in [1.165, 1.54) is 39.3 Å². The molecule has 6 nitrogen and oxygen atoms in total. The summed E-state index contributed by atoms with van der Waals surface area (Å²) in [6.45, 7) is 2.99. The number of hydrogen-bond donors (Lipinski definition) is 1. The highest BCUT2D eigenvalue weighted by Gasteiger charge is 2.14. The van der Waals surface area contributed by atoms with Crippen LogP contribution in [0.15, 0.2) is 71.8 Å². The fourth-order valence-corrected chi connectivity index (χ4v) is 5.97. The topological polar surface area (TPSA) is 67.2 Å². The number of thioether (sulfide) groups is 1. The summed E-state index contributed by atoms with van der Waals surface area (Å²) in [6, 6.07) is 19.8. The SMILES string of the molecule is O=C(Cn1cnc2cc(-c3ccccc3)sc2c1=O)Nc1cccc(CN2CCSCC2)c1. The first-order chi connectivity index (χ1) is 16.2. The zero-order valence-electron chi connectivity index (χ0n) is 18.1. The summed E-state index contributed by atoms with van der Waals surface area (Å²) < 4.78 is 1.93. The molecule has 0 saturated carbocycles. The average molecular weight is 477 g/mol. The van der Waals surface area contributed by atoms with Gasteiger partial charge in [0.1, 0.15) is 11.2 Å². The summed E-state index contributed by atoms with van der Waals surface area (Å²) in [7, 11) is 0. The fraction of sp³-hybridized carbons (Fsp3) is 0.240. The minimum atomic E-state index is -0.246. The number of nitrogens with zero attached hydrogens (tertiary/aromatic N) is 3. The van der Waals surface area contributed by atoms with Crippen molar-refractivity contribution in [2.45, 2.75) is 13.1 Å². The molecule has 0 bridgehead atoms. The maximum absolute atomic E-state index is 13.0. The second-order valence-electron chi connectivity index (χ2n) is 8.01. The summed E-state index contributed by atoms with van der Waals surface area (Å²) in [5, 5.41) is 2.93. The summed E-state index contributed by atoms with van der Waals surface area (Å²) >= 11 is 3.40. The number of nitrogens with one attached hydrogen (secondary N) is 1. The number of amides is 1. The van der Waals surface area contributed by atoms with Crippen LogP contribution >= 0.6 is 23.1 Å². The monoisotopic (exact) mass is 476 g/mol. The maximum Gasteiger partial charge on any atom is 0.271 e. The van der Waals surface area contributed by atoms with Crippen LogP contribution in [0.1, 0.15) is 5.56 Å². The Morgan fingerprint density at radius 3 is 2.67 bits per heavy atom. The third-order valence-corrected chi connectivity index (χ3v) is 7.70. The van der Waals surface area contributed by atoms with Crippen LogP contribution in [-0.4, -0.2) is 45.0 Å². The molecular formula is C25H24N4O2S2. The predicted octanol–water partition coefficient (Wildman–Crippen LogP) is 4.31. The summed E-state index contributed by atoms with van der Waals surface area (Å²) in [4.78, 5) is 33.5. The van der Waals surface area contributed by atoms with Gasteiger partial charge in [-0.2, -0.15) is 11.8 Å². The van der Waals surface area contributed by atoms with Gasteiger partial charge < -0.3 is 5.32 Å². The normalized spacial score (nSPS) is 14.4. The number of carbonyl (C=O) groups excluding carboxylic acids is 1. The highest BCUT2D eigenvalue weighted by molar-refractivity contribution is 7.99. The molecule has 0 radical (unpaired) electrons. The smallest absolute Gasteiger partial charge is 0.271 e. The molecular weight excluding hydrogens is 452 g/mol. The summed E-state index contributed by atoms with van der Waals surface area (Å²) in [5.74, 6) is 2.09. The van der Waals surface area contributed by atoms with Crippen LogP contribution in [0.3, 0.4) is 0 Å². The molecule has 2 aromatic carbocycles. The number of benzene rings is 2. The first-order valence-corrected chi connectivity index (χ1v) is 12.9. The van der Waals surface area contributed by atoms with Crippen molar-refractivity contribution in [1.29, 1.82) is 0 Å². The molecule has 1 aliphatic heterocycles. The number of thiophene rings is 1. The molecule has 1 N–H and O–H groups in total. The van der Waals surface area contributed by atoms with E-state index in [-0.39, 0.29) is 18.0 Å². The van der Waals surface area contributed by atoms with Crippen LogP contribution in [0.4, 0.5) is 5.69 Å². The number of anilines is 1. The standard InChI is InChI=1S/C25H24N4O2S2/c30-23(27-20-8-4-5-18(13-20)15-28-9-11-32-12-10-28)16-29-17-26-21-14-22(33-24(21)25(29)31)19-6-2-1-3-7-19/h1-8,13-14,17H,9-12,15-16H2,(H,27,30). The Morgan fingerprint density at radius 2 is 1.85 bits per heavy atom. The van der Waals surface area contributed by atoms with E-state index in [0.29, 0.717) is 10.2 Å². The van der Waals surface area contributed by atoms with Gasteiger partial charge in [-0.05, 0) is 29.3 Å². The van der Waals surface area contributed by atoms with Crippen LogP contribution in [0.5, 0.6) is 0 Å². The van der Waals surface area contributed by atoms with Crippen LogP contribution < -0.4 is 10.9 Å². The van der Waals surface area contributed by atoms with E-state index in [4.69, 9.17) is 0 Å². The molecule has 1 fully saturated rings. The number of fused-ring (bicyclic) bond motifs is 1. The van der Waals surface area contributed by atoms with Crippen molar-refractivity contribution >= 4 is 44.9 Å². The van der Waals surface area contributed by atoms with Crippen molar-refractivity contribution in [1.82, 2.24) is 14.5 Å². The minimum Gasteiger partial charge on any atom is -0.325 e. The largest absolute Gasteiger partial charge is 0.325 e. The van der Waals surface area contributed by atoms with Crippen molar-refractivity contribution in [3.8, 4) is 10.4 Å². The maximum atomic E-state index is 13.0. The molecule has 0 atom stereocenters. The van der Waals surface area contributed by atoms with Gasteiger partial charge in [0.2, 0.25) is 5.91 Å².